The molecule has 5 nitrogen and oxygen atoms in total. The van der Waals surface area contributed by atoms with Crippen LogP contribution < -0.4 is 5.46 Å². The molecule has 134 valence electrons. The first-order valence-electron chi connectivity index (χ1n) is 7.43. The van der Waals surface area contributed by atoms with Crippen LogP contribution in [0.4, 0.5) is 13.2 Å². The van der Waals surface area contributed by atoms with Crippen molar-refractivity contribution in [3.63, 3.8) is 0 Å². The number of hydrogen-bond acceptors (Lipinski definition) is 5. The number of alkyl halides is 3. The van der Waals surface area contributed by atoms with E-state index >= 15 is 0 Å². The van der Waals surface area contributed by atoms with Crippen molar-refractivity contribution in [2.75, 3.05) is 7.11 Å². The lowest BCUT2D eigenvalue weighted by molar-refractivity contribution is -0.138. The average molecular weight is 355 g/mol. The van der Waals surface area contributed by atoms with Crippen molar-refractivity contribution in [1.82, 2.24) is 0 Å². The van der Waals surface area contributed by atoms with Gasteiger partial charge in [0.1, 0.15) is 0 Å². The number of rotatable bonds is 2. The molecule has 0 bridgehead atoms. The molecule has 1 heterocycles. The lowest BCUT2D eigenvalue weighted by Crippen LogP contribution is -2.41. The van der Waals surface area contributed by atoms with Crippen molar-refractivity contribution in [2.45, 2.75) is 45.1 Å². The Bertz CT molecular complexity index is 737. The molecule has 0 unspecified atom stereocenters. The number of benzene rings is 1. The molecule has 1 aromatic carbocycles. The third-order valence-corrected chi connectivity index (χ3v) is 4.53. The summed E-state index contributed by atoms with van der Waals surface area (Å²) in [6.45, 7) is 6.97. The van der Waals surface area contributed by atoms with Gasteiger partial charge < -0.3 is 14.0 Å². The first-order valence-corrected chi connectivity index (χ1v) is 7.43. The van der Waals surface area contributed by atoms with Gasteiger partial charge in [0.2, 0.25) is 0 Å². The lowest BCUT2D eigenvalue weighted by Gasteiger charge is -2.32. The van der Waals surface area contributed by atoms with E-state index < -0.39 is 41.6 Å². The average Bonchev–Trinajstić information content (AvgIpc) is 2.72. The summed E-state index contributed by atoms with van der Waals surface area (Å²) in [6, 6.07) is 3.36. The zero-order chi connectivity index (χ0) is 19.2. The number of nitriles is 1. The van der Waals surface area contributed by atoms with Crippen molar-refractivity contribution >= 4 is 18.6 Å². The molecule has 25 heavy (non-hydrogen) atoms. The Morgan fingerprint density at radius 1 is 1.20 bits per heavy atom. The van der Waals surface area contributed by atoms with Crippen molar-refractivity contribution < 1.29 is 32.0 Å². The van der Waals surface area contributed by atoms with Crippen LogP contribution in [0.5, 0.6) is 0 Å². The summed E-state index contributed by atoms with van der Waals surface area (Å²) < 4.78 is 56.0. The van der Waals surface area contributed by atoms with E-state index in [1.54, 1.807) is 33.8 Å². The van der Waals surface area contributed by atoms with Gasteiger partial charge in [0, 0.05) is 5.46 Å². The molecule has 0 atom stereocenters. The maximum Gasteiger partial charge on any atom is 0.496 e. The highest BCUT2D eigenvalue weighted by Gasteiger charge is 2.53. The minimum atomic E-state index is -4.81. The molecule has 1 aliphatic heterocycles. The Balaban J connectivity index is 2.64. The molecular formula is C16H17BF3NO4. The molecule has 9 heteroatoms. The van der Waals surface area contributed by atoms with Crippen LogP contribution in [0.3, 0.4) is 0 Å². The standard InChI is InChI=1S/C16H17BF3NO4/c1-14(2)15(3,4)25-17(24-14)12-7-11(16(18,19)20)10(13(22)23-5)6-9(12)8-21/h6-7H,1-5H3. The van der Waals surface area contributed by atoms with E-state index in [4.69, 9.17) is 9.31 Å². The minimum absolute atomic E-state index is 0.0823. The first kappa shape index (κ1) is 19.3. The second-order valence-corrected chi connectivity index (χ2v) is 6.67. The van der Waals surface area contributed by atoms with Gasteiger partial charge in [0.25, 0.3) is 0 Å². The normalized spacial score (nSPS) is 18.8. The fourth-order valence-corrected chi connectivity index (χ4v) is 2.39. The summed E-state index contributed by atoms with van der Waals surface area (Å²) in [7, 11) is -0.191. The zero-order valence-corrected chi connectivity index (χ0v) is 14.4. The van der Waals surface area contributed by atoms with Crippen molar-refractivity contribution in [3.8, 4) is 6.07 Å². The van der Waals surface area contributed by atoms with E-state index in [0.717, 1.165) is 13.2 Å². The Morgan fingerprint density at radius 3 is 2.12 bits per heavy atom. The molecule has 0 amide bonds. The zero-order valence-electron chi connectivity index (χ0n) is 14.4. The summed E-state index contributed by atoms with van der Waals surface area (Å²) in [5.41, 5.74) is -3.74. The van der Waals surface area contributed by atoms with Crippen LogP contribution in [0, 0.1) is 11.3 Å². The van der Waals surface area contributed by atoms with Gasteiger partial charge >= 0.3 is 19.3 Å². The van der Waals surface area contributed by atoms with E-state index in [1.165, 1.54) is 0 Å². The fourth-order valence-electron chi connectivity index (χ4n) is 2.39. The molecular weight excluding hydrogens is 338 g/mol. The molecule has 2 rings (SSSR count). The predicted octanol–water partition coefficient (Wildman–Crippen LogP) is 2.66. The fraction of sp³-hybridized carbons (Fsp3) is 0.500. The summed E-state index contributed by atoms with van der Waals surface area (Å²) in [5, 5.41) is 9.32. The molecule has 1 fully saturated rings. The van der Waals surface area contributed by atoms with Gasteiger partial charge in [0.05, 0.1) is 41.1 Å². The SMILES string of the molecule is COC(=O)c1cc(C#N)c(B2OC(C)(C)C(C)(C)O2)cc1C(F)(F)F. The van der Waals surface area contributed by atoms with Crippen LogP contribution in [-0.2, 0) is 20.2 Å². The van der Waals surface area contributed by atoms with Crippen LogP contribution in [0.25, 0.3) is 0 Å². The van der Waals surface area contributed by atoms with Crippen molar-refractivity contribution in [3.05, 3.63) is 28.8 Å². The van der Waals surface area contributed by atoms with Gasteiger partial charge in [0.15, 0.2) is 0 Å². The van der Waals surface area contributed by atoms with E-state index in [0.29, 0.717) is 6.07 Å². The van der Waals surface area contributed by atoms with Crippen LogP contribution in [0.15, 0.2) is 12.1 Å². The number of carbonyl (C=O) groups is 1. The number of ether oxygens (including phenoxy) is 1. The van der Waals surface area contributed by atoms with Crippen LogP contribution in [0.1, 0.15) is 49.2 Å². The molecule has 1 saturated heterocycles. The molecule has 0 aliphatic carbocycles. The molecule has 1 aliphatic rings. The van der Waals surface area contributed by atoms with Crippen LogP contribution >= 0.6 is 0 Å². The maximum atomic E-state index is 13.4. The van der Waals surface area contributed by atoms with Crippen LogP contribution in [0.2, 0.25) is 0 Å². The summed E-state index contributed by atoms with van der Waals surface area (Å²) in [6.07, 6.45) is -4.81. The van der Waals surface area contributed by atoms with Gasteiger partial charge in [-0.15, -0.1) is 0 Å². The minimum Gasteiger partial charge on any atom is -0.465 e. The number of hydrogen-bond donors (Lipinski definition) is 0. The van der Waals surface area contributed by atoms with E-state index in [2.05, 4.69) is 4.74 Å². The van der Waals surface area contributed by atoms with E-state index in [-0.39, 0.29) is 11.0 Å². The topological polar surface area (TPSA) is 68.6 Å². The number of halogens is 3. The Labute approximate surface area is 143 Å². The number of esters is 1. The second-order valence-electron chi connectivity index (χ2n) is 6.67. The molecule has 0 radical (unpaired) electrons. The Morgan fingerprint density at radius 2 is 1.72 bits per heavy atom. The lowest BCUT2D eigenvalue weighted by atomic mass is 9.74. The van der Waals surface area contributed by atoms with Crippen LogP contribution in [-0.4, -0.2) is 31.4 Å². The summed E-state index contributed by atoms with van der Waals surface area (Å²) in [5.74, 6) is -1.18. The highest BCUT2D eigenvalue weighted by Crippen LogP contribution is 2.38. The van der Waals surface area contributed by atoms with Gasteiger partial charge in [-0.3, -0.25) is 0 Å². The smallest absolute Gasteiger partial charge is 0.465 e. The van der Waals surface area contributed by atoms with Crippen molar-refractivity contribution in [1.29, 1.82) is 5.26 Å². The third-order valence-electron chi connectivity index (χ3n) is 4.53. The number of methoxy groups -OCH3 is 1. The Hall–Kier alpha value is -2.05. The molecule has 1 aromatic rings. The maximum absolute atomic E-state index is 13.4. The first-order chi connectivity index (χ1) is 11.3. The highest BCUT2D eigenvalue weighted by molar-refractivity contribution is 6.63. The van der Waals surface area contributed by atoms with Gasteiger partial charge in [-0.1, -0.05) is 0 Å². The quantitative estimate of drug-likeness (QED) is 0.603. The van der Waals surface area contributed by atoms with Gasteiger partial charge in [-0.25, -0.2) is 4.79 Å². The molecule has 0 aromatic heterocycles. The second kappa shape index (κ2) is 6.04. The number of carbonyl (C=O) groups excluding carboxylic acids is 1. The van der Waals surface area contributed by atoms with Gasteiger partial charge in [-0.2, -0.15) is 18.4 Å². The van der Waals surface area contributed by atoms with Crippen molar-refractivity contribution in [2.24, 2.45) is 0 Å². The molecule has 0 N–H and O–H groups in total. The predicted molar refractivity (Wildman–Crippen MR) is 83.2 cm³/mol. The summed E-state index contributed by atoms with van der Waals surface area (Å²) >= 11 is 0. The third kappa shape index (κ3) is 3.37. The van der Waals surface area contributed by atoms with E-state index in [1.807, 2.05) is 0 Å². The monoisotopic (exact) mass is 355 g/mol. The van der Waals surface area contributed by atoms with Gasteiger partial charge in [-0.05, 0) is 39.8 Å². The largest absolute Gasteiger partial charge is 0.496 e. The van der Waals surface area contributed by atoms with E-state index in [9.17, 15) is 23.2 Å². The summed E-state index contributed by atoms with van der Waals surface area (Å²) in [4.78, 5) is 11.7. The molecule has 0 saturated carbocycles. The number of nitrogens with zero attached hydrogens (tertiary/aromatic N) is 1. The highest BCUT2D eigenvalue weighted by atomic mass is 19.4. The molecule has 0 spiro atoms. The Kier molecular flexibility index (Phi) is 4.66.